The molecule has 1 heteroatoms. The van der Waals surface area contributed by atoms with E-state index in [0.717, 1.165) is 29.8 Å². The van der Waals surface area contributed by atoms with Crippen LogP contribution in [0.1, 0.15) is 46.0 Å². The van der Waals surface area contributed by atoms with E-state index < -0.39 is 0 Å². The molecule has 0 aromatic heterocycles. The normalized spacial score (nSPS) is 47.4. The van der Waals surface area contributed by atoms with E-state index in [1.807, 2.05) is 0 Å². The van der Waals surface area contributed by atoms with Crippen molar-refractivity contribution >= 4 is 0 Å². The monoisotopic (exact) mass is 193 g/mol. The third kappa shape index (κ3) is 1.41. The van der Waals surface area contributed by atoms with Gasteiger partial charge in [0, 0.05) is 18.6 Å². The van der Waals surface area contributed by atoms with Crippen molar-refractivity contribution in [3.63, 3.8) is 0 Å². The van der Waals surface area contributed by atoms with Crippen molar-refractivity contribution in [1.29, 1.82) is 0 Å². The second-order valence-corrected chi connectivity index (χ2v) is 6.22. The zero-order chi connectivity index (χ0) is 9.71. The summed E-state index contributed by atoms with van der Waals surface area (Å²) < 4.78 is 0. The Hall–Kier alpha value is -0.0400. The zero-order valence-corrected chi connectivity index (χ0v) is 9.58. The molecule has 0 aromatic rings. The standard InChI is InChI=1S/C13H23N/c1-9(2)14-8-12-4-10-3-11(5-12)7-13(14)6-10/h9-13H,3-8H2,1-2H3/t10-,11+,12-,13+. The molecular weight excluding hydrogens is 170 g/mol. The predicted octanol–water partition coefficient (Wildman–Crippen LogP) is 2.91. The van der Waals surface area contributed by atoms with Crippen molar-refractivity contribution in [1.82, 2.24) is 4.90 Å². The number of rotatable bonds is 1. The van der Waals surface area contributed by atoms with Gasteiger partial charge in [-0.1, -0.05) is 0 Å². The first-order chi connectivity index (χ1) is 6.72. The van der Waals surface area contributed by atoms with Gasteiger partial charge in [-0.25, -0.2) is 0 Å². The summed E-state index contributed by atoms with van der Waals surface area (Å²) in [5.74, 6) is 3.25. The Morgan fingerprint density at radius 2 is 1.43 bits per heavy atom. The van der Waals surface area contributed by atoms with E-state index in [0.29, 0.717) is 0 Å². The number of hydrogen-bond donors (Lipinski definition) is 0. The first kappa shape index (κ1) is 9.21. The summed E-state index contributed by atoms with van der Waals surface area (Å²) in [6.07, 6.45) is 7.71. The van der Waals surface area contributed by atoms with Crippen LogP contribution in [0.15, 0.2) is 0 Å². The van der Waals surface area contributed by atoms with Gasteiger partial charge in [-0.3, -0.25) is 4.90 Å². The highest BCUT2D eigenvalue weighted by atomic mass is 15.2. The van der Waals surface area contributed by atoms with E-state index in [-0.39, 0.29) is 0 Å². The SMILES string of the molecule is CC(C)N1C[C@@H]2C[C@H]3C[C@@H](C2)C[C@@H]1C3. The summed E-state index contributed by atoms with van der Waals surface area (Å²) in [4.78, 5) is 2.81. The van der Waals surface area contributed by atoms with Gasteiger partial charge in [0.05, 0.1) is 0 Å². The minimum atomic E-state index is 0.776. The van der Waals surface area contributed by atoms with Crippen LogP contribution in [0.4, 0.5) is 0 Å². The van der Waals surface area contributed by atoms with Crippen molar-refractivity contribution in [3.8, 4) is 0 Å². The summed E-state index contributed by atoms with van der Waals surface area (Å²) in [6, 6.07) is 1.73. The minimum absolute atomic E-state index is 0.776. The predicted molar refractivity (Wildman–Crippen MR) is 59.2 cm³/mol. The highest BCUT2D eigenvalue weighted by Gasteiger charge is 2.42. The lowest BCUT2D eigenvalue weighted by molar-refractivity contribution is 0.107. The average molecular weight is 193 g/mol. The van der Waals surface area contributed by atoms with Crippen LogP contribution in [-0.2, 0) is 0 Å². The molecule has 0 N–H and O–H groups in total. The van der Waals surface area contributed by atoms with Crippen LogP contribution in [0.2, 0.25) is 0 Å². The molecule has 0 unspecified atom stereocenters. The van der Waals surface area contributed by atoms with Gasteiger partial charge in [0.1, 0.15) is 0 Å². The summed E-state index contributed by atoms with van der Waals surface area (Å²) in [5, 5.41) is 0. The van der Waals surface area contributed by atoms with Crippen LogP contribution in [0, 0.1) is 17.8 Å². The molecule has 4 aliphatic rings. The molecule has 2 aliphatic heterocycles. The molecule has 2 heterocycles. The highest BCUT2D eigenvalue weighted by Crippen LogP contribution is 2.47. The van der Waals surface area contributed by atoms with Crippen molar-refractivity contribution in [3.05, 3.63) is 0 Å². The van der Waals surface area contributed by atoms with Crippen molar-refractivity contribution in [2.24, 2.45) is 17.8 Å². The fourth-order valence-electron chi connectivity index (χ4n) is 4.45. The molecule has 4 atom stereocenters. The third-order valence-corrected chi connectivity index (χ3v) is 4.81. The van der Waals surface area contributed by atoms with Crippen LogP contribution in [0.3, 0.4) is 0 Å². The average Bonchev–Trinajstić information content (AvgIpc) is 2.30. The molecule has 1 nitrogen and oxygen atoms in total. The van der Waals surface area contributed by atoms with E-state index in [1.54, 1.807) is 19.3 Å². The van der Waals surface area contributed by atoms with Crippen molar-refractivity contribution < 1.29 is 0 Å². The molecular formula is C13H23N. The zero-order valence-electron chi connectivity index (χ0n) is 9.58. The molecule has 0 spiro atoms. The van der Waals surface area contributed by atoms with E-state index in [1.165, 1.54) is 19.4 Å². The summed E-state index contributed by atoms with van der Waals surface area (Å²) in [5.41, 5.74) is 0. The van der Waals surface area contributed by atoms with E-state index in [4.69, 9.17) is 0 Å². The minimum Gasteiger partial charge on any atom is -0.298 e. The van der Waals surface area contributed by atoms with Gasteiger partial charge in [0.15, 0.2) is 0 Å². The number of nitrogens with zero attached hydrogens (tertiary/aromatic N) is 1. The van der Waals surface area contributed by atoms with Gasteiger partial charge >= 0.3 is 0 Å². The van der Waals surface area contributed by atoms with Gasteiger partial charge in [0.2, 0.25) is 0 Å². The second-order valence-electron chi connectivity index (χ2n) is 6.22. The Morgan fingerprint density at radius 1 is 0.857 bits per heavy atom. The van der Waals surface area contributed by atoms with Crippen LogP contribution >= 0.6 is 0 Å². The van der Waals surface area contributed by atoms with Crippen LogP contribution < -0.4 is 0 Å². The molecule has 0 aromatic carbocycles. The number of fused-ring (bicyclic) bond motifs is 1. The highest BCUT2D eigenvalue weighted by molar-refractivity contribution is 4.96. The topological polar surface area (TPSA) is 3.24 Å². The lowest BCUT2D eigenvalue weighted by atomic mass is 9.68. The fourth-order valence-corrected chi connectivity index (χ4v) is 4.45. The van der Waals surface area contributed by atoms with Gasteiger partial charge in [-0.15, -0.1) is 0 Å². The molecule has 2 saturated heterocycles. The Bertz CT molecular complexity index is 209. The smallest absolute Gasteiger partial charge is 0.0103 e. The van der Waals surface area contributed by atoms with Crippen molar-refractivity contribution in [2.75, 3.05) is 6.54 Å². The fraction of sp³-hybridized carbons (Fsp3) is 1.00. The Morgan fingerprint density at radius 3 is 2.00 bits per heavy atom. The molecule has 80 valence electrons. The Labute approximate surface area is 87.9 Å². The lowest BCUT2D eigenvalue weighted by Gasteiger charge is -2.40. The summed E-state index contributed by atoms with van der Waals surface area (Å²) >= 11 is 0. The van der Waals surface area contributed by atoms with Gasteiger partial charge in [-0.05, 0) is 63.7 Å². The Balaban J connectivity index is 1.86. The van der Waals surface area contributed by atoms with Gasteiger partial charge < -0.3 is 0 Å². The number of hydrogen-bond acceptors (Lipinski definition) is 1. The quantitative estimate of drug-likeness (QED) is 0.619. The lowest BCUT2D eigenvalue weighted by Crippen LogP contribution is -2.42. The second kappa shape index (κ2) is 3.23. The molecule has 2 aliphatic carbocycles. The molecule has 4 bridgehead atoms. The third-order valence-electron chi connectivity index (χ3n) is 4.81. The maximum absolute atomic E-state index is 2.81. The van der Waals surface area contributed by atoms with E-state index >= 15 is 0 Å². The molecule has 2 saturated carbocycles. The van der Waals surface area contributed by atoms with E-state index in [9.17, 15) is 0 Å². The molecule has 0 amide bonds. The molecule has 14 heavy (non-hydrogen) atoms. The summed E-state index contributed by atoms with van der Waals surface area (Å²) in [7, 11) is 0. The van der Waals surface area contributed by atoms with Gasteiger partial charge in [-0.2, -0.15) is 0 Å². The van der Waals surface area contributed by atoms with E-state index in [2.05, 4.69) is 18.7 Å². The Kier molecular flexibility index (Phi) is 2.12. The van der Waals surface area contributed by atoms with Crippen LogP contribution in [0.25, 0.3) is 0 Å². The van der Waals surface area contributed by atoms with Crippen LogP contribution in [-0.4, -0.2) is 23.5 Å². The first-order valence-electron chi connectivity index (χ1n) is 6.48. The van der Waals surface area contributed by atoms with Crippen LogP contribution in [0.5, 0.6) is 0 Å². The largest absolute Gasteiger partial charge is 0.298 e. The molecule has 0 radical (unpaired) electrons. The van der Waals surface area contributed by atoms with Crippen molar-refractivity contribution in [2.45, 2.75) is 58.0 Å². The molecule has 4 fully saturated rings. The van der Waals surface area contributed by atoms with Gasteiger partial charge in [0.25, 0.3) is 0 Å². The maximum atomic E-state index is 2.81. The molecule has 4 rings (SSSR count). The maximum Gasteiger partial charge on any atom is 0.0103 e. The first-order valence-corrected chi connectivity index (χ1v) is 6.48. The summed E-state index contributed by atoms with van der Waals surface area (Å²) in [6.45, 7) is 6.17.